The predicted molar refractivity (Wildman–Crippen MR) is 113 cm³/mol. The van der Waals surface area contributed by atoms with Gasteiger partial charge in [0.2, 0.25) is 0 Å². The summed E-state index contributed by atoms with van der Waals surface area (Å²) >= 11 is 0. The molecular weight excluding hydrogens is 415 g/mol. The minimum absolute atomic E-state index is 0.253. The third-order valence-corrected chi connectivity index (χ3v) is 4.74. The van der Waals surface area contributed by atoms with Crippen LogP contribution in [0.5, 0.6) is 0 Å². The van der Waals surface area contributed by atoms with E-state index in [1.807, 2.05) is 12.1 Å². The number of hydrogen-bond donors (Lipinski definition) is 2. The smallest absolute Gasteiger partial charge is 0.322 e. The molecule has 0 aliphatic carbocycles. The molecule has 0 saturated heterocycles. The van der Waals surface area contributed by atoms with E-state index in [0.717, 1.165) is 0 Å². The normalized spacial score (nSPS) is 10.9. The van der Waals surface area contributed by atoms with Gasteiger partial charge in [-0.05, 0) is 48.5 Å². The largest absolute Gasteiger partial charge is 0.439 e. The van der Waals surface area contributed by atoms with Crippen molar-refractivity contribution >= 4 is 11.6 Å². The number of nitrogens with zero attached hydrogens (tertiary/aromatic N) is 4. The minimum Gasteiger partial charge on any atom is -0.322 e. The number of H-pyrrole nitrogens is 1. The molecule has 3 aromatic heterocycles. The number of carbonyl (C=O) groups is 1. The maximum Gasteiger partial charge on any atom is 0.439 e. The molecule has 0 aliphatic heterocycles. The van der Waals surface area contributed by atoms with Gasteiger partial charge in [-0.3, -0.25) is 14.3 Å². The van der Waals surface area contributed by atoms with E-state index in [9.17, 15) is 14.0 Å². The molecule has 3 heterocycles. The second kappa shape index (κ2) is 7.84. The molecular formula is C22H15FN6O3. The summed E-state index contributed by atoms with van der Waals surface area (Å²) in [6.07, 6.45) is 5.03. The fraction of sp³-hybridized carbons (Fsp3) is 0. The second-order valence-corrected chi connectivity index (χ2v) is 6.84. The number of nitrogens with one attached hydrogen (secondary N) is 2. The van der Waals surface area contributed by atoms with E-state index in [4.69, 9.17) is 0 Å². The van der Waals surface area contributed by atoms with E-state index >= 15 is 0 Å². The molecule has 9 nitrogen and oxygen atoms in total. The summed E-state index contributed by atoms with van der Waals surface area (Å²) in [5, 5.41) is 10.8. The van der Waals surface area contributed by atoms with Gasteiger partial charge >= 0.3 is 5.76 Å². The minimum atomic E-state index is -0.668. The van der Waals surface area contributed by atoms with Gasteiger partial charge in [0.25, 0.3) is 5.91 Å². The van der Waals surface area contributed by atoms with Crippen molar-refractivity contribution < 1.29 is 13.7 Å². The number of aromatic nitrogens is 5. The summed E-state index contributed by atoms with van der Waals surface area (Å²) in [5.74, 6) is -0.680. The van der Waals surface area contributed by atoms with Crippen LogP contribution >= 0.6 is 0 Å². The van der Waals surface area contributed by atoms with Crippen LogP contribution in [0.1, 0.15) is 10.4 Å². The monoisotopic (exact) mass is 430 g/mol. The number of rotatable bonds is 5. The van der Waals surface area contributed by atoms with Crippen molar-refractivity contribution in [3.05, 3.63) is 101 Å². The van der Waals surface area contributed by atoms with Crippen molar-refractivity contribution in [1.82, 2.24) is 24.5 Å². The van der Waals surface area contributed by atoms with Gasteiger partial charge in [-0.1, -0.05) is 17.3 Å². The lowest BCUT2D eigenvalue weighted by Crippen LogP contribution is -2.15. The maximum absolute atomic E-state index is 13.4. The third kappa shape index (κ3) is 3.60. The van der Waals surface area contributed by atoms with Crippen LogP contribution in [0.25, 0.3) is 22.9 Å². The molecule has 0 fully saturated rings. The van der Waals surface area contributed by atoms with Gasteiger partial charge in [-0.25, -0.2) is 13.9 Å². The Morgan fingerprint density at radius 1 is 1.06 bits per heavy atom. The molecule has 0 bridgehead atoms. The number of carbonyl (C=O) groups excluding carboxylic acids is 1. The van der Waals surface area contributed by atoms with Crippen LogP contribution in [-0.4, -0.2) is 30.4 Å². The van der Waals surface area contributed by atoms with Crippen LogP contribution in [-0.2, 0) is 0 Å². The Balaban J connectivity index is 1.50. The zero-order valence-corrected chi connectivity index (χ0v) is 16.4. The van der Waals surface area contributed by atoms with E-state index in [1.165, 1.54) is 18.3 Å². The van der Waals surface area contributed by atoms with Crippen LogP contribution < -0.4 is 11.1 Å². The van der Waals surface area contributed by atoms with E-state index in [-0.39, 0.29) is 11.6 Å². The number of benzene rings is 2. The Morgan fingerprint density at radius 2 is 1.84 bits per heavy atom. The standard InChI is InChI=1S/C22H15FN6O3/c23-15-6-8-17(9-7-15)29-21(28-10-1-2-11-28)18(13-24-29)20(30)25-16-5-3-4-14(12-16)19-26-22(31)32-27-19/h1-13H,(H,25,30)(H,26,27,31). The Bertz CT molecular complexity index is 1450. The summed E-state index contributed by atoms with van der Waals surface area (Å²) < 4.78 is 21.2. The van der Waals surface area contributed by atoms with E-state index in [0.29, 0.717) is 28.3 Å². The van der Waals surface area contributed by atoms with Gasteiger partial charge in [-0.15, -0.1) is 0 Å². The number of aromatic amines is 1. The molecule has 5 rings (SSSR count). The Morgan fingerprint density at radius 3 is 2.56 bits per heavy atom. The lowest BCUT2D eigenvalue weighted by molar-refractivity contribution is 0.102. The van der Waals surface area contributed by atoms with Crippen LogP contribution in [0.3, 0.4) is 0 Å². The quantitative estimate of drug-likeness (QED) is 0.444. The summed E-state index contributed by atoms with van der Waals surface area (Å²) in [6, 6.07) is 16.3. The lowest BCUT2D eigenvalue weighted by atomic mass is 10.2. The molecule has 2 N–H and O–H groups in total. The number of hydrogen-bond acceptors (Lipinski definition) is 5. The Kier molecular flexibility index (Phi) is 4.71. The first kappa shape index (κ1) is 19.2. The van der Waals surface area contributed by atoms with Crippen LogP contribution in [0.15, 0.2) is 88.6 Å². The van der Waals surface area contributed by atoms with E-state index in [2.05, 4.69) is 25.1 Å². The average Bonchev–Trinajstić information content (AvgIpc) is 3.55. The summed E-state index contributed by atoms with van der Waals surface area (Å²) in [6.45, 7) is 0. The van der Waals surface area contributed by atoms with Crippen molar-refractivity contribution in [2.75, 3.05) is 5.32 Å². The highest BCUT2D eigenvalue weighted by Crippen LogP contribution is 2.23. The molecule has 32 heavy (non-hydrogen) atoms. The molecule has 158 valence electrons. The van der Waals surface area contributed by atoms with Crippen LogP contribution in [0.4, 0.5) is 10.1 Å². The van der Waals surface area contributed by atoms with Gasteiger partial charge in [-0.2, -0.15) is 5.10 Å². The molecule has 0 unspecified atom stereocenters. The van der Waals surface area contributed by atoms with E-state index < -0.39 is 11.7 Å². The first-order valence-corrected chi connectivity index (χ1v) is 9.53. The van der Waals surface area contributed by atoms with Gasteiger partial charge < -0.3 is 9.88 Å². The fourth-order valence-corrected chi connectivity index (χ4v) is 3.29. The van der Waals surface area contributed by atoms with Gasteiger partial charge in [0.1, 0.15) is 11.4 Å². The van der Waals surface area contributed by atoms with Crippen molar-refractivity contribution in [1.29, 1.82) is 0 Å². The second-order valence-electron chi connectivity index (χ2n) is 6.84. The van der Waals surface area contributed by atoms with Gasteiger partial charge in [0.05, 0.1) is 11.9 Å². The summed E-state index contributed by atoms with van der Waals surface area (Å²) in [7, 11) is 0. The molecule has 10 heteroatoms. The van der Waals surface area contributed by atoms with Crippen molar-refractivity contribution in [2.45, 2.75) is 0 Å². The predicted octanol–water partition coefficient (Wildman–Crippen LogP) is 3.40. The molecule has 5 aromatic rings. The maximum atomic E-state index is 13.4. The highest BCUT2D eigenvalue weighted by atomic mass is 19.1. The number of anilines is 1. The zero-order chi connectivity index (χ0) is 22.1. The van der Waals surface area contributed by atoms with Crippen molar-refractivity contribution in [3.63, 3.8) is 0 Å². The molecule has 0 atom stereocenters. The lowest BCUT2D eigenvalue weighted by Gasteiger charge is -2.11. The fourth-order valence-electron chi connectivity index (χ4n) is 3.29. The highest BCUT2D eigenvalue weighted by Gasteiger charge is 2.20. The number of amides is 1. The Labute approximate surface area is 179 Å². The van der Waals surface area contributed by atoms with Gasteiger partial charge in [0.15, 0.2) is 11.6 Å². The van der Waals surface area contributed by atoms with Gasteiger partial charge in [0, 0.05) is 23.6 Å². The number of halogens is 1. The summed E-state index contributed by atoms with van der Waals surface area (Å²) in [5.41, 5.74) is 1.97. The molecule has 0 aliphatic rings. The zero-order valence-electron chi connectivity index (χ0n) is 16.4. The first-order chi connectivity index (χ1) is 15.6. The van der Waals surface area contributed by atoms with Crippen molar-refractivity contribution in [2.24, 2.45) is 0 Å². The topological polar surface area (TPSA) is 111 Å². The van der Waals surface area contributed by atoms with E-state index in [1.54, 1.807) is 58.0 Å². The van der Waals surface area contributed by atoms with Crippen LogP contribution in [0.2, 0.25) is 0 Å². The molecule has 0 spiro atoms. The third-order valence-electron chi connectivity index (χ3n) is 4.74. The van der Waals surface area contributed by atoms with Crippen molar-refractivity contribution in [3.8, 4) is 22.9 Å². The Hall–Kier alpha value is -4.73. The first-order valence-electron chi connectivity index (χ1n) is 9.53. The summed E-state index contributed by atoms with van der Waals surface area (Å²) in [4.78, 5) is 26.8. The molecule has 2 aromatic carbocycles. The molecule has 0 saturated carbocycles. The SMILES string of the molecule is O=C(Nc1cccc(-c2noc(=O)[nH]2)c1)c1cnn(-c2ccc(F)cc2)c1-n1cccc1. The van der Waals surface area contributed by atoms with Crippen LogP contribution in [0, 0.1) is 5.82 Å². The average molecular weight is 430 g/mol. The molecule has 1 amide bonds. The highest BCUT2D eigenvalue weighted by molar-refractivity contribution is 6.06. The molecule has 0 radical (unpaired) electrons.